The van der Waals surface area contributed by atoms with Crippen LogP contribution in [0, 0.1) is 0 Å². The predicted molar refractivity (Wildman–Crippen MR) is 130 cm³/mol. The summed E-state index contributed by atoms with van der Waals surface area (Å²) in [5, 5.41) is 0.667. The standard InChI is InChI=1S/C23H29N3O3S.ClH/c1-5-25(6-2)15-16-26(22(27)17-11-8-9-12-18(17)28-4)23-24-21-19(29-7-3)13-10-14-20(21)30-23;/h8-14H,5-7,15-16H2,1-4H3;1H. The SMILES string of the molecule is CCOc1cccc2sc(N(CCN(CC)CC)C(=O)c3ccccc3OC)nc12.Cl. The van der Waals surface area contributed by atoms with Crippen molar-refractivity contribution < 1.29 is 14.3 Å². The smallest absolute Gasteiger partial charge is 0.263 e. The van der Waals surface area contributed by atoms with E-state index in [1.807, 2.05) is 37.3 Å². The molecule has 0 saturated heterocycles. The molecule has 0 atom stereocenters. The average molecular weight is 464 g/mol. The van der Waals surface area contributed by atoms with E-state index >= 15 is 0 Å². The summed E-state index contributed by atoms with van der Waals surface area (Å²) < 4.78 is 12.2. The maximum Gasteiger partial charge on any atom is 0.263 e. The van der Waals surface area contributed by atoms with Crippen molar-refractivity contribution >= 4 is 45.0 Å². The molecule has 1 aromatic heterocycles. The highest BCUT2D eigenvalue weighted by molar-refractivity contribution is 7.22. The number of hydrogen-bond acceptors (Lipinski definition) is 6. The van der Waals surface area contributed by atoms with E-state index in [1.54, 1.807) is 24.1 Å². The van der Waals surface area contributed by atoms with Crippen molar-refractivity contribution in [2.24, 2.45) is 0 Å². The fourth-order valence-corrected chi connectivity index (χ4v) is 4.34. The van der Waals surface area contributed by atoms with Gasteiger partial charge in [-0.25, -0.2) is 4.98 Å². The Morgan fingerprint density at radius 2 is 1.71 bits per heavy atom. The molecule has 0 saturated carbocycles. The van der Waals surface area contributed by atoms with Crippen LogP contribution in [0.25, 0.3) is 10.2 Å². The Balaban J connectivity index is 0.00000341. The first-order chi connectivity index (χ1) is 14.6. The fraction of sp³-hybridized carbons (Fsp3) is 0.391. The number of thiazole rings is 1. The van der Waals surface area contributed by atoms with E-state index in [9.17, 15) is 4.79 Å². The second-order valence-corrected chi connectivity index (χ2v) is 7.73. The molecule has 0 unspecified atom stereocenters. The number of benzene rings is 2. The van der Waals surface area contributed by atoms with Gasteiger partial charge in [-0.3, -0.25) is 9.69 Å². The summed E-state index contributed by atoms with van der Waals surface area (Å²) in [5.41, 5.74) is 1.32. The summed E-state index contributed by atoms with van der Waals surface area (Å²) in [6.07, 6.45) is 0. The van der Waals surface area contributed by atoms with E-state index in [2.05, 4.69) is 18.7 Å². The molecule has 0 aliphatic heterocycles. The van der Waals surface area contributed by atoms with Gasteiger partial charge in [0.2, 0.25) is 0 Å². The van der Waals surface area contributed by atoms with Gasteiger partial charge >= 0.3 is 0 Å². The first-order valence-corrected chi connectivity index (χ1v) is 11.1. The molecule has 6 nitrogen and oxygen atoms in total. The van der Waals surface area contributed by atoms with E-state index in [1.165, 1.54) is 11.3 Å². The summed E-state index contributed by atoms with van der Waals surface area (Å²) in [7, 11) is 1.58. The van der Waals surface area contributed by atoms with Gasteiger partial charge in [-0.2, -0.15) is 0 Å². The summed E-state index contributed by atoms with van der Waals surface area (Å²) in [5.74, 6) is 1.19. The normalized spacial score (nSPS) is 10.7. The van der Waals surface area contributed by atoms with Gasteiger partial charge in [-0.1, -0.05) is 43.4 Å². The van der Waals surface area contributed by atoms with E-state index < -0.39 is 0 Å². The third-order valence-electron chi connectivity index (χ3n) is 5.02. The number of amides is 1. The first-order valence-electron chi connectivity index (χ1n) is 10.3. The summed E-state index contributed by atoms with van der Waals surface area (Å²) >= 11 is 1.50. The number of para-hydroxylation sites is 2. The summed E-state index contributed by atoms with van der Waals surface area (Å²) in [6.45, 7) is 9.95. The van der Waals surface area contributed by atoms with Gasteiger partial charge in [0.1, 0.15) is 17.0 Å². The third kappa shape index (κ3) is 5.67. The van der Waals surface area contributed by atoms with Gasteiger partial charge in [0.05, 0.1) is 24.0 Å². The van der Waals surface area contributed by atoms with Crippen LogP contribution in [0.1, 0.15) is 31.1 Å². The van der Waals surface area contributed by atoms with Crippen LogP contribution < -0.4 is 14.4 Å². The quantitative estimate of drug-likeness (QED) is 0.418. The molecule has 8 heteroatoms. The highest BCUT2D eigenvalue weighted by Crippen LogP contribution is 2.35. The van der Waals surface area contributed by atoms with Crippen LogP contribution in [0.3, 0.4) is 0 Å². The van der Waals surface area contributed by atoms with Crippen LogP contribution in [-0.2, 0) is 0 Å². The molecule has 1 heterocycles. The lowest BCUT2D eigenvalue weighted by Crippen LogP contribution is -2.39. The Morgan fingerprint density at radius 3 is 2.39 bits per heavy atom. The zero-order valence-electron chi connectivity index (χ0n) is 18.5. The van der Waals surface area contributed by atoms with Crippen molar-refractivity contribution in [3.63, 3.8) is 0 Å². The van der Waals surface area contributed by atoms with Crippen molar-refractivity contribution in [1.29, 1.82) is 0 Å². The Kier molecular flexibility index (Phi) is 9.55. The second-order valence-electron chi connectivity index (χ2n) is 6.72. The third-order valence-corrected chi connectivity index (χ3v) is 6.06. The van der Waals surface area contributed by atoms with Crippen molar-refractivity contribution in [1.82, 2.24) is 9.88 Å². The molecule has 0 bridgehead atoms. The largest absolute Gasteiger partial charge is 0.496 e. The molecule has 2 aromatic carbocycles. The van der Waals surface area contributed by atoms with Crippen molar-refractivity contribution in [3.05, 3.63) is 48.0 Å². The molecule has 0 radical (unpaired) electrons. The number of anilines is 1. The lowest BCUT2D eigenvalue weighted by molar-refractivity contribution is 0.0981. The summed E-state index contributed by atoms with van der Waals surface area (Å²) in [6, 6.07) is 13.2. The highest BCUT2D eigenvalue weighted by atomic mass is 35.5. The number of halogens is 1. The van der Waals surface area contributed by atoms with Crippen LogP contribution in [-0.4, -0.2) is 55.7 Å². The van der Waals surface area contributed by atoms with Crippen molar-refractivity contribution in [3.8, 4) is 11.5 Å². The molecular weight excluding hydrogens is 434 g/mol. The molecule has 0 N–H and O–H groups in total. The maximum atomic E-state index is 13.6. The number of carbonyl (C=O) groups is 1. The monoisotopic (exact) mass is 463 g/mol. The molecule has 31 heavy (non-hydrogen) atoms. The minimum atomic E-state index is -0.114. The van der Waals surface area contributed by atoms with Gasteiger partial charge in [0, 0.05) is 13.1 Å². The number of ether oxygens (including phenoxy) is 2. The Hall–Kier alpha value is -2.35. The Labute approximate surface area is 194 Å². The number of aromatic nitrogens is 1. The van der Waals surface area contributed by atoms with E-state index in [4.69, 9.17) is 14.5 Å². The molecule has 3 aromatic rings. The van der Waals surface area contributed by atoms with Crippen LogP contribution in [0.5, 0.6) is 11.5 Å². The second kappa shape index (κ2) is 11.9. The predicted octanol–water partition coefficient (Wildman–Crippen LogP) is 5.11. The van der Waals surface area contributed by atoms with Crippen LogP contribution >= 0.6 is 23.7 Å². The highest BCUT2D eigenvalue weighted by Gasteiger charge is 2.25. The van der Waals surface area contributed by atoms with Gasteiger partial charge < -0.3 is 14.4 Å². The number of likely N-dealkylation sites (N-methyl/N-ethyl adjacent to an activating group) is 1. The molecule has 0 spiro atoms. The van der Waals surface area contributed by atoms with Crippen LogP contribution in [0.15, 0.2) is 42.5 Å². The number of nitrogens with zero attached hydrogens (tertiary/aromatic N) is 3. The molecule has 3 rings (SSSR count). The first kappa shape index (κ1) is 24.9. The molecular formula is C23H30ClN3O3S. The average Bonchev–Trinajstić information content (AvgIpc) is 3.21. The van der Waals surface area contributed by atoms with E-state index in [0.717, 1.165) is 35.6 Å². The van der Waals surface area contributed by atoms with Gasteiger partial charge in [0.15, 0.2) is 5.13 Å². The lowest BCUT2D eigenvalue weighted by atomic mass is 10.1. The van der Waals surface area contributed by atoms with Crippen LogP contribution in [0.4, 0.5) is 5.13 Å². The number of methoxy groups -OCH3 is 1. The van der Waals surface area contributed by atoms with Gasteiger partial charge in [-0.15, -0.1) is 12.4 Å². The Bertz CT molecular complexity index is 991. The topological polar surface area (TPSA) is 54.9 Å². The minimum absolute atomic E-state index is 0. The number of fused-ring (bicyclic) bond motifs is 1. The molecule has 1 amide bonds. The molecule has 0 aliphatic carbocycles. The van der Waals surface area contributed by atoms with Crippen molar-refractivity contribution in [2.75, 3.05) is 44.8 Å². The number of hydrogen-bond donors (Lipinski definition) is 0. The minimum Gasteiger partial charge on any atom is -0.496 e. The number of rotatable bonds is 10. The summed E-state index contributed by atoms with van der Waals surface area (Å²) in [4.78, 5) is 22.4. The van der Waals surface area contributed by atoms with Gasteiger partial charge in [-0.05, 0) is 44.3 Å². The fourth-order valence-electron chi connectivity index (χ4n) is 3.33. The number of carbonyl (C=O) groups excluding carboxylic acids is 1. The van der Waals surface area contributed by atoms with Crippen molar-refractivity contribution in [2.45, 2.75) is 20.8 Å². The molecule has 0 fully saturated rings. The van der Waals surface area contributed by atoms with Crippen LogP contribution in [0.2, 0.25) is 0 Å². The Morgan fingerprint density at radius 1 is 1.00 bits per heavy atom. The maximum absolute atomic E-state index is 13.6. The lowest BCUT2D eigenvalue weighted by Gasteiger charge is -2.25. The zero-order valence-corrected chi connectivity index (χ0v) is 20.1. The van der Waals surface area contributed by atoms with Gasteiger partial charge in [0.25, 0.3) is 5.91 Å². The van der Waals surface area contributed by atoms with E-state index in [-0.39, 0.29) is 18.3 Å². The molecule has 168 valence electrons. The van der Waals surface area contributed by atoms with E-state index in [0.29, 0.717) is 29.6 Å². The zero-order chi connectivity index (χ0) is 21.5. The molecule has 0 aliphatic rings.